The molecule has 1 aromatic carbocycles. The molecule has 0 saturated heterocycles. The fourth-order valence-electron chi connectivity index (χ4n) is 1.72. The molecule has 0 amide bonds. The van der Waals surface area contributed by atoms with Crippen LogP contribution in [0.15, 0.2) is 36.8 Å². The highest BCUT2D eigenvalue weighted by molar-refractivity contribution is 5.36. The first kappa shape index (κ1) is 12.2. The second-order valence-electron chi connectivity index (χ2n) is 4.31. The van der Waals surface area contributed by atoms with E-state index in [2.05, 4.69) is 29.5 Å². The first-order chi connectivity index (χ1) is 8.70. The molecule has 4 nitrogen and oxygen atoms in total. The number of rotatable bonds is 4. The van der Waals surface area contributed by atoms with Gasteiger partial charge in [-0.05, 0) is 32.0 Å². The first-order valence-corrected chi connectivity index (χ1v) is 5.84. The number of hydrogen-bond acceptors (Lipinski definition) is 3. The molecule has 0 bridgehead atoms. The number of nitriles is 1. The van der Waals surface area contributed by atoms with Gasteiger partial charge in [0.2, 0.25) is 0 Å². The largest absolute Gasteiger partial charge is 0.487 e. The second kappa shape index (κ2) is 5.37. The summed E-state index contributed by atoms with van der Waals surface area (Å²) in [5, 5.41) is 8.81. The zero-order valence-electron chi connectivity index (χ0n) is 10.5. The number of ether oxygens (including phenoxy) is 1. The molecule has 0 aliphatic carbocycles. The van der Waals surface area contributed by atoms with Crippen molar-refractivity contribution in [2.45, 2.75) is 26.5 Å². The van der Waals surface area contributed by atoms with Gasteiger partial charge in [0.1, 0.15) is 12.4 Å². The van der Waals surface area contributed by atoms with E-state index in [0.717, 1.165) is 5.69 Å². The van der Waals surface area contributed by atoms with Crippen molar-refractivity contribution in [3.8, 4) is 11.8 Å². The van der Waals surface area contributed by atoms with Gasteiger partial charge in [-0.25, -0.2) is 4.98 Å². The third-order valence-corrected chi connectivity index (χ3v) is 2.65. The van der Waals surface area contributed by atoms with Gasteiger partial charge in [-0.15, -0.1) is 0 Å². The van der Waals surface area contributed by atoms with Crippen LogP contribution in [0.3, 0.4) is 0 Å². The Balaban J connectivity index is 2.07. The molecule has 0 fully saturated rings. The van der Waals surface area contributed by atoms with Crippen LogP contribution < -0.4 is 4.74 Å². The fraction of sp³-hybridized carbons (Fsp3) is 0.286. The van der Waals surface area contributed by atoms with Gasteiger partial charge in [0.15, 0.2) is 0 Å². The maximum atomic E-state index is 8.81. The van der Waals surface area contributed by atoms with E-state index in [0.29, 0.717) is 24.0 Å². The average molecular weight is 241 g/mol. The number of benzene rings is 1. The lowest BCUT2D eigenvalue weighted by molar-refractivity contribution is 0.292. The van der Waals surface area contributed by atoms with Crippen molar-refractivity contribution < 1.29 is 4.74 Å². The van der Waals surface area contributed by atoms with E-state index in [1.165, 1.54) is 0 Å². The summed E-state index contributed by atoms with van der Waals surface area (Å²) in [6.07, 6.45) is 3.60. The lowest BCUT2D eigenvalue weighted by Gasteiger charge is -2.12. The van der Waals surface area contributed by atoms with Crippen molar-refractivity contribution in [3.63, 3.8) is 0 Å². The Kier molecular flexibility index (Phi) is 3.63. The van der Waals surface area contributed by atoms with Gasteiger partial charge in [-0.1, -0.05) is 6.07 Å². The lowest BCUT2D eigenvalue weighted by Crippen LogP contribution is -2.07. The van der Waals surface area contributed by atoms with Gasteiger partial charge in [0.25, 0.3) is 0 Å². The molecule has 2 rings (SSSR count). The van der Waals surface area contributed by atoms with E-state index in [-0.39, 0.29) is 0 Å². The zero-order valence-corrected chi connectivity index (χ0v) is 10.5. The summed E-state index contributed by atoms with van der Waals surface area (Å²) in [7, 11) is 0. The van der Waals surface area contributed by atoms with Gasteiger partial charge >= 0.3 is 0 Å². The Morgan fingerprint density at radius 2 is 2.28 bits per heavy atom. The Morgan fingerprint density at radius 1 is 1.44 bits per heavy atom. The summed E-state index contributed by atoms with van der Waals surface area (Å²) < 4.78 is 7.74. The molecule has 1 heterocycles. The minimum atomic E-state index is 0.358. The second-order valence-corrected chi connectivity index (χ2v) is 4.31. The molecule has 0 radical (unpaired) electrons. The van der Waals surface area contributed by atoms with Crippen LogP contribution in [0.5, 0.6) is 5.75 Å². The molecule has 0 N–H and O–H groups in total. The summed E-state index contributed by atoms with van der Waals surface area (Å²) in [5.74, 6) is 0.700. The third-order valence-electron chi connectivity index (χ3n) is 2.65. The van der Waals surface area contributed by atoms with Crippen LogP contribution in [0.2, 0.25) is 0 Å². The van der Waals surface area contributed by atoms with Crippen LogP contribution in [-0.2, 0) is 6.61 Å². The topological polar surface area (TPSA) is 50.8 Å². The minimum absolute atomic E-state index is 0.358. The van der Waals surface area contributed by atoms with E-state index >= 15 is 0 Å². The summed E-state index contributed by atoms with van der Waals surface area (Å²) in [4.78, 5) is 4.12. The van der Waals surface area contributed by atoms with Crippen molar-refractivity contribution in [2.75, 3.05) is 0 Å². The zero-order chi connectivity index (χ0) is 13.0. The molecule has 92 valence electrons. The molecule has 0 atom stereocenters. The van der Waals surface area contributed by atoms with Crippen LogP contribution in [0.1, 0.15) is 31.1 Å². The molecule has 2 aromatic rings. The molecule has 18 heavy (non-hydrogen) atoms. The van der Waals surface area contributed by atoms with Crippen molar-refractivity contribution in [1.82, 2.24) is 9.55 Å². The predicted molar refractivity (Wildman–Crippen MR) is 68.1 cm³/mol. The minimum Gasteiger partial charge on any atom is -0.487 e. The van der Waals surface area contributed by atoms with Crippen LogP contribution in [0, 0.1) is 11.3 Å². The molecule has 0 spiro atoms. The smallest absolute Gasteiger partial charge is 0.130 e. The maximum Gasteiger partial charge on any atom is 0.130 e. The normalized spacial score (nSPS) is 10.3. The van der Waals surface area contributed by atoms with Crippen molar-refractivity contribution in [3.05, 3.63) is 48.0 Å². The average Bonchev–Trinajstić information content (AvgIpc) is 2.85. The van der Waals surface area contributed by atoms with Crippen LogP contribution >= 0.6 is 0 Å². The molecular formula is C14H15N3O. The molecule has 0 unspecified atom stereocenters. The fourth-order valence-corrected chi connectivity index (χ4v) is 1.72. The van der Waals surface area contributed by atoms with Crippen LogP contribution in [0.4, 0.5) is 0 Å². The predicted octanol–water partition coefficient (Wildman–Crippen LogP) is 2.91. The monoisotopic (exact) mass is 241 g/mol. The molecule has 4 heteroatoms. The SMILES string of the molecule is CC(C)n1cncc1COc1cccc(C#N)c1. The van der Waals surface area contributed by atoms with Gasteiger partial charge in [0.05, 0.1) is 29.9 Å². The summed E-state index contributed by atoms with van der Waals surface area (Å²) in [6, 6.07) is 9.60. The highest BCUT2D eigenvalue weighted by Gasteiger charge is 2.06. The van der Waals surface area contributed by atoms with Crippen molar-refractivity contribution in [2.24, 2.45) is 0 Å². The number of hydrogen-bond donors (Lipinski definition) is 0. The lowest BCUT2D eigenvalue weighted by atomic mass is 10.2. The van der Waals surface area contributed by atoms with Gasteiger partial charge in [-0.3, -0.25) is 0 Å². The Bertz CT molecular complexity index is 566. The van der Waals surface area contributed by atoms with Gasteiger partial charge < -0.3 is 9.30 Å². The maximum absolute atomic E-state index is 8.81. The number of imidazole rings is 1. The van der Waals surface area contributed by atoms with E-state index in [1.54, 1.807) is 24.7 Å². The van der Waals surface area contributed by atoms with Crippen molar-refractivity contribution >= 4 is 0 Å². The van der Waals surface area contributed by atoms with Gasteiger partial charge in [-0.2, -0.15) is 5.26 Å². The molecule has 1 aromatic heterocycles. The molecular weight excluding hydrogens is 226 g/mol. The summed E-state index contributed by atoms with van der Waals surface area (Å²) >= 11 is 0. The van der Waals surface area contributed by atoms with Crippen molar-refractivity contribution in [1.29, 1.82) is 5.26 Å². The Labute approximate surface area is 106 Å². The van der Waals surface area contributed by atoms with E-state index in [4.69, 9.17) is 10.00 Å². The van der Waals surface area contributed by atoms with E-state index < -0.39 is 0 Å². The standard InChI is InChI=1S/C14H15N3O/c1-11(2)17-10-16-8-13(17)9-18-14-5-3-4-12(6-14)7-15/h3-6,8,10-11H,9H2,1-2H3. The Morgan fingerprint density at radius 3 is 3.00 bits per heavy atom. The third kappa shape index (κ3) is 2.69. The molecule has 0 aliphatic heterocycles. The van der Waals surface area contributed by atoms with E-state index in [9.17, 15) is 0 Å². The molecule has 0 aliphatic rings. The molecule has 0 saturated carbocycles. The summed E-state index contributed by atoms with van der Waals surface area (Å²) in [5.41, 5.74) is 1.62. The van der Waals surface area contributed by atoms with Crippen LogP contribution in [0.25, 0.3) is 0 Å². The number of nitrogens with zero attached hydrogens (tertiary/aromatic N) is 3. The highest BCUT2D eigenvalue weighted by atomic mass is 16.5. The van der Waals surface area contributed by atoms with E-state index in [1.807, 2.05) is 12.1 Å². The number of aromatic nitrogens is 2. The first-order valence-electron chi connectivity index (χ1n) is 5.84. The van der Waals surface area contributed by atoms with Crippen LogP contribution in [-0.4, -0.2) is 9.55 Å². The summed E-state index contributed by atoms with van der Waals surface area (Å²) in [6.45, 7) is 4.65. The highest BCUT2D eigenvalue weighted by Crippen LogP contribution is 2.16. The quantitative estimate of drug-likeness (QED) is 0.827. The van der Waals surface area contributed by atoms with Gasteiger partial charge in [0, 0.05) is 6.04 Å². The Hall–Kier alpha value is -2.28.